The zero-order valence-corrected chi connectivity index (χ0v) is 12.6. The van der Waals surface area contributed by atoms with Crippen molar-refractivity contribution in [1.82, 2.24) is 15.6 Å². The maximum Gasteiger partial charge on any atom is 0.253 e. The van der Waals surface area contributed by atoms with Gasteiger partial charge in [-0.05, 0) is 17.5 Å². The molecule has 0 radical (unpaired) electrons. The molecule has 22 heavy (non-hydrogen) atoms. The highest BCUT2D eigenvalue weighted by Gasteiger charge is 2.12. The summed E-state index contributed by atoms with van der Waals surface area (Å²) in [5.41, 5.74) is 1.44. The van der Waals surface area contributed by atoms with Crippen LogP contribution in [0.1, 0.15) is 15.2 Å². The molecular formula is C16H15N3O2S. The third-order valence-corrected chi connectivity index (χ3v) is 4.16. The average Bonchev–Trinajstić information content (AvgIpc) is 3.19. The van der Waals surface area contributed by atoms with Gasteiger partial charge in [0.25, 0.3) is 5.91 Å². The Kier molecular flexibility index (Phi) is 4.20. The number of carbonyl (C=O) groups excluding carboxylic acids is 2. The molecule has 0 aliphatic carbocycles. The van der Waals surface area contributed by atoms with Gasteiger partial charge in [0.1, 0.15) is 0 Å². The molecule has 3 aromatic rings. The van der Waals surface area contributed by atoms with Crippen LogP contribution in [0.25, 0.3) is 10.9 Å². The van der Waals surface area contributed by atoms with Crippen molar-refractivity contribution >= 4 is 34.1 Å². The van der Waals surface area contributed by atoms with E-state index in [4.69, 9.17) is 0 Å². The third kappa shape index (κ3) is 3.17. The van der Waals surface area contributed by atoms with Gasteiger partial charge in [-0.1, -0.05) is 24.3 Å². The first-order chi connectivity index (χ1) is 10.7. The molecule has 2 aromatic heterocycles. The van der Waals surface area contributed by atoms with Crippen LogP contribution in [0.5, 0.6) is 0 Å². The molecule has 0 fully saturated rings. The number of hydrogen-bond acceptors (Lipinski definition) is 3. The van der Waals surface area contributed by atoms with E-state index in [0.29, 0.717) is 12.1 Å². The summed E-state index contributed by atoms with van der Waals surface area (Å²) in [6.45, 7) is 0.448. The van der Waals surface area contributed by atoms with Crippen LogP contribution in [-0.2, 0) is 11.3 Å². The van der Waals surface area contributed by atoms with E-state index < -0.39 is 0 Å². The molecule has 3 N–H and O–H groups in total. The standard InChI is InChI=1S/C16H15N3O2S/c20-15(18-8-11-4-3-7-22-11)10-19-16(21)13-9-17-14-6-2-1-5-12(13)14/h1-7,9,17H,8,10H2,(H,18,20)(H,19,21). The lowest BCUT2D eigenvalue weighted by molar-refractivity contribution is -0.120. The zero-order valence-electron chi connectivity index (χ0n) is 11.8. The Balaban J connectivity index is 1.54. The van der Waals surface area contributed by atoms with Gasteiger partial charge in [0.2, 0.25) is 5.91 Å². The number of aromatic nitrogens is 1. The van der Waals surface area contributed by atoms with Crippen molar-refractivity contribution in [3.8, 4) is 0 Å². The third-order valence-electron chi connectivity index (χ3n) is 3.28. The summed E-state index contributed by atoms with van der Waals surface area (Å²) in [4.78, 5) is 28.0. The number of para-hydroxylation sites is 1. The Morgan fingerprint density at radius 3 is 2.77 bits per heavy atom. The summed E-state index contributed by atoms with van der Waals surface area (Å²) < 4.78 is 0. The predicted octanol–water partition coefficient (Wildman–Crippen LogP) is 2.28. The summed E-state index contributed by atoms with van der Waals surface area (Å²) in [5, 5.41) is 8.22. The molecule has 2 heterocycles. The number of benzene rings is 1. The van der Waals surface area contributed by atoms with Gasteiger partial charge in [-0.15, -0.1) is 11.3 Å². The Hall–Kier alpha value is -2.60. The molecule has 0 atom stereocenters. The average molecular weight is 313 g/mol. The fourth-order valence-corrected chi connectivity index (χ4v) is 2.82. The lowest BCUT2D eigenvalue weighted by atomic mass is 10.1. The Labute approximate surface area is 131 Å². The molecular weight excluding hydrogens is 298 g/mol. The van der Waals surface area contributed by atoms with Crippen LogP contribution < -0.4 is 10.6 Å². The first-order valence-electron chi connectivity index (χ1n) is 6.87. The zero-order chi connectivity index (χ0) is 15.4. The largest absolute Gasteiger partial charge is 0.360 e. The Morgan fingerprint density at radius 2 is 1.95 bits per heavy atom. The topological polar surface area (TPSA) is 74.0 Å². The summed E-state index contributed by atoms with van der Waals surface area (Å²) in [5.74, 6) is -0.467. The number of amides is 2. The maximum absolute atomic E-state index is 12.1. The molecule has 0 spiro atoms. The molecule has 0 aliphatic heterocycles. The van der Waals surface area contributed by atoms with Crippen LogP contribution in [0.2, 0.25) is 0 Å². The van der Waals surface area contributed by atoms with E-state index >= 15 is 0 Å². The van der Waals surface area contributed by atoms with Crippen molar-refractivity contribution in [2.75, 3.05) is 6.54 Å². The number of rotatable bonds is 5. The van der Waals surface area contributed by atoms with E-state index in [2.05, 4.69) is 15.6 Å². The second-order valence-corrected chi connectivity index (χ2v) is 5.82. The van der Waals surface area contributed by atoms with Crippen LogP contribution >= 0.6 is 11.3 Å². The van der Waals surface area contributed by atoms with Gasteiger partial charge in [-0.25, -0.2) is 0 Å². The summed E-state index contributed by atoms with van der Waals surface area (Å²) in [6.07, 6.45) is 1.66. The minimum absolute atomic E-state index is 0.0380. The van der Waals surface area contributed by atoms with Crippen LogP contribution in [0.4, 0.5) is 0 Å². The minimum atomic E-state index is -0.260. The van der Waals surface area contributed by atoms with Crippen molar-refractivity contribution in [2.24, 2.45) is 0 Å². The normalized spacial score (nSPS) is 10.5. The number of hydrogen-bond donors (Lipinski definition) is 3. The minimum Gasteiger partial charge on any atom is -0.360 e. The SMILES string of the molecule is O=C(CNC(=O)c1c[nH]c2ccccc12)NCc1cccs1. The second kappa shape index (κ2) is 6.44. The Morgan fingerprint density at radius 1 is 1.09 bits per heavy atom. The summed E-state index contributed by atoms with van der Waals surface area (Å²) in [7, 11) is 0. The molecule has 1 aromatic carbocycles. The van der Waals surface area contributed by atoms with Crippen molar-refractivity contribution in [1.29, 1.82) is 0 Å². The van der Waals surface area contributed by atoms with E-state index in [1.54, 1.807) is 17.5 Å². The molecule has 112 valence electrons. The molecule has 5 nitrogen and oxygen atoms in total. The first-order valence-corrected chi connectivity index (χ1v) is 7.75. The fourth-order valence-electron chi connectivity index (χ4n) is 2.18. The highest BCUT2D eigenvalue weighted by atomic mass is 32.1. The highest BCUT2D eigenvalue weighted by Crippen LogP contribution is 2.17. The molecule has 0 aliphatic rings. The second-order valence-electron chi connectivity index (χ2n) is 4.79. The van der Waals surface area contributed by atoms with Gasteiger partial charge in [-0.2, -0.15) is 0 Å². The number of aromatic amines is 1. The molecule has 0 saturated carbocycles. The number of thiophene rings is 1. The predicted molar refractivity (Wildman–Crippen MR) is 86.8 cm³/mol. The highest BCUT2D eigenvalue weighted by molar-refractivity contribution is 7.09. The fraction of sp³-hybridized carbons (Fsp3) is 0.125. The Bertz CT molecular complexity index is 793. The lowest BCUT2D eigenvalue weighted by Gasteiger charge is -2.05. The molecule has 0 unspecified atom stereocenters. The van der Waals surface area contributed by atoms with Gasteiger partial charge >= 0.3 is 0 Å². The first kappa shape index (κ1) is 14.3. The number of nitrogens with one attached hydrogen (secondary N) is 3. The molecule has 2 amide bonds. The molecule has 6 heteroatoms. The van der Waals surface area contributed by atoms with E-state index in [1.807, 2.05) is 41.8 Å². The number of H-pyrrole nitrogens is 1. The summed E-state index contributed by atoms with van der Waals surface area (Å²) in [6, 6.07) is 11.4. The molecule has 3 rings (SSSR count). The quantitative estimate of drug-likeness (QED) is 0.676. The summed E-state index contributed by atoms with van der Waals surface area (Å²) >= 11 is 1.58. The monoisotopic (exact) mass is 313 g/mol. The van der Waals surface area contributed by atoms with Gasteiger partial charge in [0, 0.05) is 22.0 Å². The number of fused-ring (bicyclic) bond motifs is 1. The van der Waals surface area contributed by atoms with Gasteiger partial charge in [0.15, 0.2) is 0 Å². The van der Waals surface area contributed by atoms with Crippen LogP contribution in [-0.4, -0.2) is 23.3 Å². The van der Waals surface area contributed by atoms with E-state index in [-0.39, 0.29) is 18.4 Å². The van der Waals surface area contributed by atoms with Crippen molar-refractivity contribution in [2.45, 2.75) is 6.54 Å². The van der Waals surface area contributed by atoms with Crippen LogP contribution in [0.3, 0.4) is 0 Å². The number of carbonyl (C=O) groups is 2. The van der Waals surface area contributed by atoms with Gasteiger partial charge in [-0.3, -0.25) is 9.59 Å². The lowest BCUT2D eigenvalue weighted by Crippen LogP contribution is -2.36. The molecule has 0 saturated heterocycles. The van der Waals surface area contributed by atoms with Crippen LogP contribution in [0.15, 0.2) is 48.0 Å². The van der Waals surface area contributed by atoms with E-state index in [1.165, 1.54) is 0 Å². The maximum atomic E-state index is 12.1. The van der Waals surface area contributed by atoms with Gasteiger partial charge < -0.3 is 15.6 Å². The smallest absolute Gasteiger partial charge is 0.253 e. The van der Waals surface area contributed by atoms with Gasteiger partial charge in [0.05, 0.1) is 18.7 Å². The van der Waals surface area contributed by atoms with Crippen molar-refractivity contribution in [3.05, 3.63) is 58.4 Å². The molecule has 0 bridgehead atoms. The van der Waals surface area contributed by atoms with Crippen molar-refractivity contribution in [3.63, 3.8) is 0 Å². The van der Waals surface area contributed by atoms with Crippen LogP contribution in [0, 0.1) is 0 Å². The van der Waals surface area contributed by atoms with Crippen molar-refractivity contribution < 1.29 is 9.59 Å². The van der Waals surface area contributed by atoms with E-state index in [0.717, 1.165) is 15.8 Å². The van der Waals surface area contributed by atoms with E-state index in [9.17, 15) is 9.59 Å².